The van der Waals surface area contributed by atoms with Crippen LogP contribution in [0.15, 0.2) is 0 Å². The van der Waals surface area contributed by atoms with Gasteiger partial charge in [0, 0.05) is 26.2 Å². The number of rotatable bonds is 5. The molecule has 0 saturated carbocycles. The third kappa shape index (κ3) is 3.00. The molecule has 1 rings (SSSR count). The first-order valence-electron chi connectivity index (χ1n) is 6.77. The smallest absolute Gasteiger partial charge is 0.320 e. The maximum atomic E-state index is 12.2. The molecule has 0 aromatic rings. The number of likely N-dealkylation sites (tertiary alicyclic amines) is 1. The van der Waals surface area contributed by atoms with Crippen LogP contribution in [-0.2, 0) is 4.79 Å². The highest BCUT2D eigenvalue weighted by molar-refractivity contribution is 5.80. The molecule has 0 spiro atoms. The summed E-state index contributed by atoms with van der Waals surface area (Å²) in [7, 11) is 0. The van der Waals surface area contributed by atoms with Crippen LogP contribution in [0.25, 0.3) is 0 Å². The Morgan fingerprint density at radius 2 is 2.05 bits per heavy atom. The molecular formula is C13H24N2O4. The van der Waals surface area contributed by atoms with Gasteiger partial charge in [-0.1, -0.05) is 13.8 Å². The Labute approximate surface area is 114 Å². The summed E-state index contributed by atoms with van der Waals surface area (Å²) in [6, 6.07) is -0.180. The van der Waals surface area contributed by atoms with Gasteiger partial charge in [-0.05, 0) is 19.3 Å². The Bertz CT molecular complexity index is 346. The number of nitrogens with zero attached hydrogens (tertiary/aromatic N) is 2. The van der Waals surface area contributed by atoms with Crippen molar-refractivity contribution in [1.29, 1.82) is 0 Å². The number of aliphatic hydroxyl groups excluding tert-OH is 1. The fraction of sp³-hybridized carbons (Fsp3) is 0.846. The van der Waals surface area contributed by atoms with Gasteiger partial charge in [-0.2, -0.15) is 0 Å². The van der Waals surface area contributed by atoms with Gasteiger partial charge in [0.15, 0.2) is 0 Å². The lowest BCUT2D eigenvalue weighted by Gasteiger charge is -2.30. The number of aliphatic hydroxyl groups is 1. The first-order valence-corrected chi connectivity index (χ1v) is 6.77. The average molecular weight is 272 g/mol. The summed E-state index contributed by atoms with van der Waals surface area (Å²) >= 11 is 0. The molecule has 1 aliphatic heterocycles. The fourth-order valence-corrected chi connectivity index (χ4v) is 2.60. The minimum Gasteiger partial charge on any atom is -0.481 e. The number of hydrogen-bond acceptors (Lipinski definition) is 3. The molecule has 19 heavy (non-hydrogen) atoms. The predicted molar refractivity (Wildman–Crippen MR) is 70.8 cm³/mol. The molecule has 2 N–H and O–H groups in total. The summed E-state index contributed by atoms with van der Waals surface area (Å²) in [5, 5.41) is 18.4. The topological polar surface area (TPSA) is 81.1 Å². The summed E-state index contributed by atoms with van der Waals surface area (Å²) in [4.78, 5) is 26.9. The Kier molecular flexibility index (Phi) is 5.17. The number of carbonyl (C=O) groups excluding carboxylic acids is 1. The SMILES string of the molecule is CCN(CCO)C(=O)N1CCC(C(=O)O)(C(C)C)C1. The molecule has 6 nitrogen and oxygen atoms in total. The van der Waals surface area contributed by atoms with Gasteiger partial charge < -0.3 is 20.0 Å². The lowest BCUT2D eigenvalue weighted by molar-refractivity contribution is -0.150. The molecule has 1 fully saturated rings. The molecule has 0 bridgehead atoms. The van der Waals surface area contributed by atoms with Crippen LogP contribution in [0.1, 0.15) is 27.2 Å². The third-order valence-corrected chi connectivity index (χ3v) is 4.12. The first kappa shape index (κ1) is 15.8. The minimum absolute atomic E-state index is 0.0179. The van der Waals surface area contributed by atoms with Gasteiger partial charge in [0.05, 0.1) is 12.0 Å². The van der Waals surface area contributed by atoms with Crippen LogP contribution in [0.5, 0.6) is 0 Å². The van der Waals surface area contributed by atoms with E-state index < -0.39 is 11.4 Å². The predicted octanol–water partition coefficient (Wildman–Crippen LogP) is 0.853. The van der Waals surface area contributed by atoms with Crippen molar-refractivity contribution in [3.63, 3.8) is 0 Å². The zero-order chi connectivity index (χ0) is 14.6. The number of likely N-dealkylation sites (N-methyl/N-ethyl adjacent to an activating group) is 1. The van der Waals surface area contributed by atoms with E-state index in [0.29, 0.717) is 19.5 Å². The van der Waals surface area contributed by atoms with Crippen LogP contribution < -0.4 is 0 Å². The number of carboxylic acid groups (broad SMARTS) is 1. The molecule has 0 aliphatic carbocycles. The minimum atomic E-state index is -0.839. The van der Waals surface area contributed by atoms with Crippen LogP contribution in [0.3, 0.4) is 0 Å². The number of amides is 2. The van der Waals surface area contributed by atoms with Crippen molar-refractivity contribution >= 4 is 12.0 Å². The van der Waals surface area contributed by atoms with Crippen LogP contribution in [0.2, 0.25) is 0 Å². The second kappa shape index (κ2) is 6.23. The summed E-state index contributed by atoms with van der Waals surface area (Å²) in [6.07, 6.45) is 0.489. The fourth-order valence-electron chi connectivity index (χ4n) is 2.60. The Balaban J connectivity index is 2.79. The highest BCUT2D eigenvalue weighted by atomic mass is 16.4. The number of carbonyl (C=O) groups is 2. The monoisotopic (exact) mass is 272 g/mol. The van der Waals surface area contributed by atoms with Crippen molar-refractivity contribution in [2.45, 2.75) is 27.2 Å². The molecular weight excluding hydrogens is 248 g/mol. The van der Waals surface area contributed by atoms with E-state index in [1.165, 1.54) is 4.90 Å². The van der Waals surface area contributed by atoms with Crippen molar-refractivity contribution in [3.05, 3.63) is 0 Å². The molecule has 1 atom stereocenters. The summed E-state index contributed by atoms with van der Waals surface area (Å²) < 4.78 is 0. The number of hydrogen-bond donors (Lipinski definition) is 2. The molecule has 0 radical (unpaired) electrons. The lowest BCUT2D eigenvalue weighted by Crippen LogP contribution is -2.46. The van der Waals surface area contributed by atoms with E-state index in [9.17, 15) is 14.7 Å². The van der Waals surface area contributed by atoms with Crippen molar-refractivity contribution in [1.82, 2.24) is 9.80 Å². The zero-order valence-corrected chi connectivity index (χ0v) is 11.9. The van der Waals surface area contributed by atoms with E-state index in [4.69, 9.17) is 5.11 Å². The summed E-state index contributed by atoms with van der Waals surface area (Å²) in [5.41, 5.74) is -0.839. The molecule has 0 aromatic heterocycles. The standard InChI is InChI=1S/C13H24N2O4/c1-4-14(7-8-16)12(19)15-6-5-13(9-15,10(2)3)11(17)18/h10,16H,4-9H2,1-3H3,(H,17,18). The van der Waals surface area contributed by atoms with Crippen molar-refractivity contribution in [3.8, 4) is 0 Å². The van der Waals surface area contributed by atoms with E-state index in [1.54, 1.807) is 4.90 Å². The van der Waals surface area contributed by atoms with Gasteiger partial charge in [0.25, 0.3) is 0 Å². The maximum Gasteiger partial charge on any atom is 0.320 e. The Morgan fingerprint density at radius 1 is 1.42 bits per heavy atom. The van der Waals surface area contributed by atoms with Crippen molar-refractivity contribution in [2.24, 2.45) is 11.3 Å². The first-order chi connectivity index (χ1) is 8.89. The molecule has 1 unspecified atom stereocenters. The molecule has 2 amide bonds. The zero-order valence-electron chi connectivity index (χ0n) is 11.9. The van der Waals surface area contributed by atoms with Crippen LogP contribution in [0.4, 0.5) is 4.79 Å². The molecule has 1 aliphatic rings. The maximum absolute atomic E-state index is 12.2. The molecule has 0 aromatic carbocycles. The van der Waals surface area contributed by atoms with Gasteiger partial charge in [-0.15, -0.1) is 0 Å². The van der Waals surface area contributed by atoms with E-state index >= 15 is 0 Å². The van der Waals surface area contributed by atoms with Gasteiger partial charge in [0.2, 0.25) is 0 Å². The second-order valence-corrected chi connectivity index (χ2v) is 5.37. The largest absolute Gasteiger partial charge is 0.481 e. The average Bonchev–Trinajstić information content (AvgIpc) is 2.81. The quantitative estimate of drug-likeness (QED) is 0.777. The summed E-state index contributed by atoms with van der Waals surface area (Å²) in [6.45, 7) is 7.04. The van der Waals surface area contributed by atoms with E-state index in [1.807, 2.05) is 20.8 Å². The van der Waals surface area contributed by atoms with Crippen molar-refractivity contribution in [2.75, 3.05) is 32.8 Å². The highest BCUT2D eigenvalue weighted by Crippen LogP contribution is 2.38. The van der Waals surface area contributed by atoms with Crippen LogP contribution in [0, 0.1) is 11.3 Å². The number of urea groups is 1. The Morgan fingerprint density at radius 3 is 2.42 bits per heavy atom. The Hall–Kier alpha value is -1.30. The van der Waals surface area contributed by atoms with Gasteiger partial charge >= 0.3 is 12.0 Å². The molecule has 1 saturated heterocycles. The van der Waals surface area contributed by atoms with Crippen LogP contribution >= 0.6 is 0 Å². The van der Waals surface area contributed by atoms with Crippen LogP contribution in [-0.4, -0.2) is 64.8 Å². The van der Waals surface area contributed by atoms with Gasteiger partial charge in [-0.25, -0.2) is 4.79 Å². The van der Waals surface area contributed by atoms with E-state index in [-0.39, 0.29) is 31.6 Å². The van der Waals surface area contributed by atoms with Crippen molar-refractivity contribution < 1.29 is 19.8 Å². The number of carboxylic acids is 1. The normalized spacial score (nSPS) is 22.9. The van der Waals surface area contributed by atoms with E-state index in [2.05, 4.69) is 0 Å². The molecule has 6 heteroatoms. The van der Waals surface area contributed by atoms with E-state index in [0.717, 1.165) is 0 Å². The number of aliphatic carboxylic acids is 1. The second-order valence-electron chi connectivity index (χ2n) is 5.37. The molecule has 110 valence electrons. The lowest BCUT2D eigenvalue weighted by atomic mass is 9.76. The third-order valence-electron chi connectivity index (χ3n) is 4.12. The molecule has 1 heterocycles. The highest BCUT2D eigenvalue weighted by Gasteiger charge is 2.48. The summed E-state index contributed by atoms with van der Waals surface area (Å²) in [5.74, 6) is -0.848. The van der Waals surface area contributed by atoms with Gasteiger partial charge in [-0.3, -0.25) is 4.79 Å². The van der Waals surface area contributed by atoms with Gasteiger partial charge in [0.1, 0.15) is 0 Å².